The Morgan fingerprint density at radius 2 is 2.00 bits per heavy atom. The van der Waals surface area contributed by atoms with Gasteiger partial charge in [0.2, 0.25) is 5.91 Å². The van der Waals surface area contributed by atoms with Gasteiger partial charge in [0.05, 0.1) is 6.21 Å². The number of carbonyl (C=O) groups is 1. The molecule has 0 heterocycles. The minimum absolute atomic E-state index is 0.197. The van der Waals surface area contributed by atoms with Gasteiger partial charge in [0, 0.05) is 6.92 Å². The van der Waals surface area contributed by atoms with Gasteiger partial charge in [0.15, 0.2) is 0 Å². The van der Waals surface area contributed by atoms with E-state index in [9.17, 15) is 4.79 Å². The molecule has 0 fully saturated rings. The average molecular weight is 268 g/mol. The highest BCUT2D eigenvalue weighted by atomic mass is 16.5. The van der Waals surface area contributed by atoms with Gasteiger partial charge in [-0.1, -0.05) is 42.5 Å². The first-order valence-electron chi connectivity index (χ1n) is 6.30. The molecule has 0 saturated carbocycles. The highest BCUT2D eigenvalue weighted by Crippen LogP contribution is 2.14. The summed E-state index contributed by atoms with van der Waals surface area (Å²) in [6.45, 7) is 1.93. The number of hydrazone groups is 1. The zero-order valence-corrected chi connectivity index (χ0v) is 11.2. The third kappa shape index (κ3) is 4.57. The fraction of sp³-hybridized carbons (Fsp3) is 0.125. The minimum Gasteiger partial charge on any atom is -0.489 e. The molecule has 0 aromatic heterocycles. The first-order valence-corrected chi connectivity index (χ1v) is 6.30. The first kappa shape index (κ1) is 13.8. The average Bonchev–Trinajstić information content (AvgIpc) is 2.46. The summed E-state index contributed by atoms with van der Waals surface area (Å²) < 4.78 is 5.71. The van der Waals surface area contributed by atoms with Crippen LogP contribution in [-0.4, -0.2) is 12.1 Å². The van der Waals surface area contributed by atoms with Crippen LogP contribution in [0.3, 0.4) is 0 Å². The van der Waals surface area contributed by atoms with Crippen molar-refractivity contribution in [3.63, 3.8) is 0 Å². The summed E-state index contributed by atoms with van der Waals surface area (Å²) in [5.41, 5.74) is 4.34. The van der Waals surface area contributed by atoms with Gasteiger partial charge in [-0.15, -0.1) is 0 Å². The van der Waals surface area contributed by atoms with E-state index in [-0.39, 0.29) is 5.91 Å². The molecule has 0 aliphatic rings. The van der Waals surface area contributed by atoms with E-state index in [0.29, 0.717) is 6.61 Å². The second kappa shape index (κ2) is 7.09. The third-order valence-electron chi connectivity index (χ3n) is 2.54. The molecule has 4 nitrogen and oxygen atoms in total. The molecule has 4 heteroatoms. The Kier molecular flexibility index (Phi) is 4.89. The summed E-state index contributed by atoms with van der Waals surface area (Å²) in [5, 5.41) is 3.82. The molecule has 0 atom stereocenters. The SMILES string of the molecule is CC(=O)NN=Cc1cccc(OCc2ccccc2)c1. The van der Waals surface area contributed by atoms with Crippen LogP contribution in [0.5, 0.6) is 5.75 Å². The Morgan fingerprint density at radius 3 is 2.75 bits per heavy atom. The zero-order chi connectivity index (χ0) is 14.2. The molecule has 1 amide bonds. The number of nitrogens with one attached hydrogen (secondary N) is 1. The van der Waals surface area contributed by atoms with Gasteiger partial charge in [-0.05, 0) is 23.3 Å². The maximum absolute atomic E-state index is 10.7. The van der Waals surface area contributed by atoms with Gasteiger partial charge in [-0.25, -0.2) is 5.43 Å². The summed E-state index contributed by atoms with van der Waals surface area (Å²) in [4.78, 5) is 10.7. The van der Waals surface area contributed by atoms with Crippen molar-refractivity contribution in [2.24, 2.45) is 5.10 Å². The summed E-state index contributed by atoms with van der Waals surface area (Å²) in [7, 11) is 0. The summed E-state index contributed by atoms with van der Waals surface area (Å²) >= 11 is 0. The van der Waals surface area contributed by atoms with Gasteiger partial charge in [0.1, 0.15) is 12.4 Å². The second-order valence-corrected chi connectivity index (χ2v) is 4.27. The van der Waals surface area contributed by atoms with E-state index in [0.717, 1.165) is 16.9 Å². The van der Waals surface area contributed by atoms with Gasteiger partial charge in [-0.2, -0.15) is 5.10 Å². The summed E-state index contributed by atoms with van der Waals surface area (Å²) in [6.07, 6.45) is 1.58. The Balaban J connectivity index is 1.95. The van der Waals surface area contributed by atoms with Crippen molar-refractivity contribution in [2.45, 2.75) is 13.5 Å². The van der Waals surface area contributed by atoms with Crippen molar-refractivity contribution >= 4 is 12.1 Å². The van der Waals surface area contributed by atoms with Gasteiger partial charge in [0.25, 0.3) is 0 Å². The molecule has 20 heavy (non-hydrogen) atoms. The Hall–Kier alpha value is -2.62. The maximum Gasteiger partial charge on any atom is 0.236 e. The van der Waals surface area contributed by atoms with E-state index in [1.165, 1.54) is 6.92 Å². The lowest BCUT2D eigenvalue weighted by Crippen LogP contribution is -2.12. The van der Waals surface area contributed by atoms with E-state index in [1.54, 1.807) is 6.21 Å². The van der Waals surface area contributed by atoms with Crippen LogP contribution in [0.4, 0.5) is 0 Å². The van der Waals surface area contributed by atoms with Crippen molar-refractivity contribution in [2.75, 3.05) is 0 Å². The summed E-state index contributed by atoms with van der Waals surface area (Å²) in [6, 6.07) is 17.5. The number of rotatable bonds is 5. The van der Waals surface area contributed by atoms with Crippen molar-refractivity contribution in [3.05, 3.63) is 65.7 Å². The van der Waals surface area contributed by atoms with E-state index >= 15 is 0 Å². The van der Waals surface area contributed by atoms with Crippen LogP contribution >= 0.6 is 0 Å². The van der Waals surface area contributed by atoms with Gasteiger partial charge in [-0.3, -0.25) is 4.79 Å². The van der Waals surface area contributed by atoms with Crippen LogP contribution in [0.15, 0.2) is 59.7 Å². The van der Waals surface area contributed by atoms with Crippen LogP contribution in [-0.2, 0) is 11.4 Å². The fourth-order valence-corrected chi connectivity index (χ4v) is 1.62. The fourth-order valence-electron chi connectivity index (χ4n) is 1.62. The molecular weight excluding hydrogens is 252 g/mol. The van der Waals surface area contributed by atoms with Crippen LogP contribution in [0.1, 0.15) is 18.1 Å². The first-order chi connectivity index (χ1) is 9.74. The molecule has 0 aliphatic heterocycles. The Bertz CT molecular complexity index is 594. The number of carbonyl (C=O) groups excluding carboxylic acids is 1. The highest BCUT2D eigenvalue weighted by Gasteiger charge is 1.97. The standard InChI is InChI=1S/C16H16N2O2/c1-13(19)18-17-11-15-8-5-9-16(10-15)20-12-14-6-3-2-4-7-14/h2-11H,12H2,1H3,(H,18,19). The largest absolute Gasteiger partial charge is 0.489 e. The zero-order valence-electron chi connectivity index (χ0n) is 11.2. The van der Waals surface area contributed by atoms with Crippen molar-refractivity contribution in [3.8, 4) is 5.75 Å². The number of nitrogens with zero attached hydrogens (tertiary/aromatic N) is 1. The molecule has 2 rings (SSSR count). The maximum atomic E-state index is 10.7. The predicted octanol–water partition coefficient (Wildman–Crippen LogP) is 2.74. The molecule has 0 bridgehead atoms. The van der Waals surface area contributed by atoms with Crippen LogP contribution in [0, 0.1) is 0 Å². The molecule has 0 radical (unpaired) electrons. The molecule has 2 aromatic carbocycles. The monoisotopic (exact) mass is 268 g/mol. The number of ether oxygens (including phenoxy) is 1. The number of amides is 1. The topological polar surface area (TPSA) is 50.7 Å². The minimum atomic E-state index is -0.197. The normalized spacial score (nSPS) is 10.4. The molecule has 0 saturated heterocycles. The quantitative estimate of drug-likeness (QED) is 0.669. The Labute approximate surface area is 118 Å². The van der Waals surface area contributed by atoms with Crippen molar-refractivity contribution in [1.82, 2.24) is 5.43 Å². The van der Waals surface area contributed by atoms with Crippen LogP contribution in [0.25, 0.3) is 0 Å². The third-order valence-corrected chi connectivity index (χ3v) is 2.54. The number of hydrogen-bond donors (Lipinski definition) is 1. The lowest BCUT2D eigenvalue weighted by molar-refractivity contribution is -0.118. The molecule has 0 spiro atoms. The van der Waals surface area contributed by atoms with Gasteiger partial charge >= 0.3 is 0 Å². The van der Waals surface area contributed by atoms with Crippen LogP contribution in [0.2, 0.25) is 0 Å². The van der Waals surface area contributed by atoms with Gasteiger partial charge < -0.3 is 4.74 Å². The molecule has 0 aliphatic carbocycles. The van der Waals surface area contributed by atoms with Crippen molar-refractivity contribution in [1.29, 1.82) is 0 Å². The molecule has 102 valence electrons. The second-order valence-electron chi connectivity index (χ2n) is 4.27. The van der Waals surface area contributed by atoms with E-state index in [4.69, 9.17) is 4.74 Å². The summed E-state index contributed by atoms with van der Waals surface area (Å²) in [5.74, 6) is 0.568. The molecule has 1 N–H and O–H groups in total. The molecule has 0 unspecified atom stereocenters. The van der Waals surface area contributed by atoms with E-state index in [2.05, 4.69) is 10.5 Å². The number of hydrogen-bond acceptors (Lipinski definition) is 3. The molecular formula is C16H16N2O2. The van der Waals surface area contributed by atoms with E-state index in [1.807, 2.05) is 54.6 Å². The molecule has 2 aromatic rings. The number of benzene rings is 2. The smallest absolute Gasteiger partial charge is 0.236 e. The predicted molar refractivity (Wildman–Crippen MR) is 78.6 cm³/mol. The Morgan fingerprint density at radius 1 is 1.20 bits per heavy atom. The lowest BCUT2D eigenvalue weighted by Gasteiger charge is -2.06. The van der Waals surface area contributed by atoms with Crippen molar-refractivity contribution < 1.29 is 9.53 Å². The van der Waals surface area contributed by atoms with E-state index < -0.39 is 0 Å². The highest BCUT2D eigenvalue weighted by molar-refractivity contribution is 5.82. The van der Waals surface area contributed by atoms with Crippen LogP contribution < -0.4 is 10.2 Å². The lowest BCUT2D eigenvalue weighted by atomic mass is 10.2.